The normalized spacial score (nSPS) is 10.8. The van der Waals surface area contributed by atoms with Crippen molar-refractivity contribution < 1.29 is 9.32 Å². The summed E-state index contributed by atoms with van der Waals surface area (Å²) >= 11 is 0. The summed E-state index contributed by atoms with van der Waals surface area (Å²) in [6, 6.07) is 3.73. The predicted octanol–water partition coefficient (Wildman–Crippen LogP) is 1.52. The van der Waals surface area contributed by atoms with Crippen molar-refractivity contribution in [3.8, 4) is 5.82 Å². The molecular weight excluding hydrogens is 308 g/mol. The van der Waals surface area contributed by atoms with E-state index in [9.17, 15) is 4.79 Å². The van der Waals surface area contributed by atoms with Crippen molar-refractivity contribution in [2.24, 2.45) is 0 Å². The fourth-order valence-electron chi connectivity index (χ4n) is 2.47. The van der Waals surface area contributed by atoms with Crippen LogP contribution in [0.1, 0.15) is 29.0 Å². The Hall–Kier alpha value is -3.03. The minimum absolute atomic E-state index is 0.0385. The van der Waals surface area contributed by atoms with Gasteiger partial charge in [-0.05, 0) is 26.3 Å². The molecule has 0 fully saturated rings. The Morgan fingerprint density at radius 2 is 2.25 bits per heavy atom. The van der Waals surface area contributed by atoms with Crippen LogP contribution in [-0.4, -0.2) is 30.8 Å². The first-order valence-corrected chi connectivity index (χ1v) is 7.62. The van der Waals surface area contributed by atoms with Gasteiger partial charge in [-0.2, -0.15) is 5.10 Å². The van der Waals surface area contributed by atoms with Crippen LogP contribution < -0.4 is 5.32 Å². The van der Waals surface area contributed by atoms with E-state index in [1.807, 2.05) is 26.0 Å². The third-order valence-corrected chi connectivity index (χ3v) is 3.76. The minimum Gasteiger partial charge on any atom is -0.361 e. The van der Waals surface area contributed by atoms with Crippen molar-refractivity contribution in [1.82, 2.24) is 30.2 Å². The first-order valence-electron chi connectivity index (χ1n) is 7.62. The fraction of sp³-hybridized carbons (Fsp3) is 0.312. The quantitative estimate of drug-likeness (QED) is 0.737. The average Bonchev–Trinajstić information content (AvgIpc) is 3.22. The third-order valence-electron chi connectivity index (χ3n) is 3.76. The Balaban J connectivity index is 1.59. The van der Waals surface area contributed by atoms with Crippen LogP contribution in [0.4, 0.5) is 0 Å². The molecule has 0 aromatic carbocycles. The minimum atomic E-state index is -0.0385. The van der Waals surface area contributed by atoms with E-state index in [4.69, 9.17) is 4.52 Å². The van der Waals surface area contributed by atoms with E-state index in [1.54, 1.807) is 17.2 Å². The van der Waals surface area contributed by atoms with Gasteiger partial charge in [0.15, 0.2) is 5.82 Å². The van der Waals surface area contributed by atoms with Gasteiger partial charge in [0.2, 0.25) is 5.91 Å². The molecule has 3 heterocycles. The van der Waals surface area contributed by atoms with Crippen LogP contribution in [0.5, 0.6) is 0 Å². The van der Waals surface area contributed by atoms with Gasteiger partial charge >= 0.3 is 0 Å². The summed E-state index contributed by atoms with van der Waals surface area (Å²) in [4.78, 5) is 20.3. The Morgan fingerprint density at radius 3 is 2.96 bits per heavy atom. The third kappa shape index (κ3) is 3.48. The van der Waals surface area contributed by atoms with E-state index in [2.05, 4.69) is 25.5 Å². The van der Waals surface area contributed by atoms with E-state index >= 15 is 0 Å². The lowest BCUT2D eigenvalue weighted by atomic mass is 10.1. The molecule has 0 radical (unpaired) electrons. The zero-order chi connectivity index (χ0) is 16.9. The maximum absolute atomic E-state index is 12.1. The molecule has 8 heteroatoms. The smallest absolute Gasteiger partial charge is 0.220 e. The van der Waals surface area contributed by atoms with Crippen molar-refractivity contribution in [3.05, 3.63) is 53.6 Å². The van der Waals surface area contributed by atoms with Crippen LogP contribution in [0.2, 0.25) is 0 Å². The highest BCUT2D eigenvalue weighted by molar-refractivity contribution is 5.76. The highest BCUT2D eigenvalue weighted by atomic mass is 16.5. The van der Waals surface area contributed by atoms with Crippen molar-refractivity contribution >= 4 is 5.91 Å². The number of rotatable bonds is 6. The Bertz CT molecular complexity index is 805. The van der Waals surface area contributed by atoms with Gasteiger partial charge < -0.3 is 9.84 Å². The van der Waals surface area contributed by atoms with Crippen molar-refractivity contribution in [2.75, 3.05) is 0 Å². The van der Waals surface area contributed by atoms with Gasteiger partial charge in [-0.25, -0.2) is 14.6 Å². The summed E-state index contributed by atoms with van der Waals surface area (Å²) in [5.41, 5.74) is 2.70. The molecule has 3 rings (SSSR count). The molecule has 0 aliphatic rings. The predicted molar refractivity (Wildman–Crippen MR) is 85.3 cm³/mol. The molecule has 3 aromatic heterocycles. The standard InChI is InChI=1S/C16H18N6O2/c1-11-14(12(2)24-21-11)5-6-15(23)19-8-13-4-3-7-18-16(13)22-10-17-9-20-22/h3-4,7,9-10H,5-6,8H2,1-2H3,(H,19,23). The lowest BCUT2D eigenvalue weighted by Gasteiger charge is -2.09. The molecule has 0 aliphatic carbocycles. The number of pyridine rings is 1. The van der Waals surface area contributed by atoms with E-state index < -0.39 is 0 Å². The zero-order valence-electron chi connectivity index (χ0n) is 13.6. The van der Waals surface area contributed by atoms with Gasteiger partial charge in [0.05, 0.1) is 5.69 Å². The molecule has 1 amide bonds. The van der Waals surface area contributed by atoms with Crippen LogP contribution in [-0.2, 0) is 17.8 Å². The topological polar surface area (TPSA) is 98.7 Å². The summed E-state index contributed by atoms with van der Waals surface area (Å²) in [6.07, 6.45) is 5.68. The number of nitrogens with one attached hydrogen (secondary N) is 1. The molecule has 0 spiro atoms. The maximum atomic E-state index is 12.1. The van der Waals surface area contributed by atoms with Gasteiger partial charge in [-0.15, -0.1) is 0 Å². The molecule has 0 unspecified atom stereocenters. The molecule has 0 atom stereocenters. The first kappa shape index (κ1) is 15.9. The molecule has 0 saturated heterocycles. The fourth-order valence-corrected chi connectivity index (χ4v) is 2.47. The number of carbonyl (C=O) groups excluding carboxylic acids is 1. The average molecular weight is 326 g/mol. The lowest BCUT2D eigenvalue weighted by Crippen LogP contribution is -2.24. The van der Waals surface area contributed by atoms with Crippen LogP contribution in [0, 0.1) is 13.8 Å². The SMILES string of the molecule is Cc1noc(C)c1CCC(=O)NCc1cccnc1-n1cncn1. The number of hydrogen-bond acceptors (Lipinski definition) is 6. The highest BCUT2D eigenvalue weighted by Gasteiger charge is 2.12. The molecule has 0 bridgehead atoms. The first-order chi connectivity index (χ1) is 11.6. The van der Waals surface area contributed by atoms with Gasteiger partial charge in [0.25, 0.3) is 0 Å². The number of aryl methyl sites for hydroxylation is 2. The second kappa shape index (κ2) is 7.03. The number of aromatic nitrogens is 5. The summed E-state index contributed by atoms with van der Waals surface area (Å²) in [5.74, 6) is 1.38. The summed E-state index contributed by atoms with van der Waals surface area (Å²) < 4.78 is 6.68. The summed E-state index contributed by atoms with van der Waals surface area (Å²) in [7, 11) is 0. The highest BCUT2D eigenvalue weighted by Crippen LogP contribution is 2.14. The second-order valence-electron chi connectivity index (χ2n) is 5.41. The van der Waals surface area contributed by atoms with Crippen LogP contribution in [0.25, 0.3) is 5.82 Å². The molecule has 24 heavy (non-hydrogen) atoms. The van der Waals surface area contributed by atoms with Gasteiger partial charge in [0.1, 0.15) is 18.4 Å². The molecular formula is C16H18N6O2. The Labute approximate surface area is 138 Å². The largest absolute Gasteiger partial charge is 0.361 e. The van der Waals surface area contributed by atoms with Gasteiger partial charge in [-0.3, -0.25) is 4.79 Å². The monoisotopic (exact) mass is 326 g/mol. The van der Waals surface area contributed by atoms with Crippen molar-refractivity contribution in [2.45, 2.75) is 33.2 Å². The number of hydrogen-bond donors (Lipinski definition) is 1. The summed E-state index contributed by atoms with van der Waals surface area (Å²) in [6.45, 7) is 4.11. The zero-order valence-corrected chi connectivity index (χ0v) is 13.6. The van der Waals surface area contributed by atoms with Crippen LogP contribution >= 0.6 is 0 Å². The maximum Gasteiger partial charge on any atom is 0.220 e. The second-order valence-corrected chi connectivity index (χ2v) is 5.41. The van der Waals surface area contributed by atoms with Crippen LogP contribution in [0.3, 0.4) is 0 Å². The Morgan fingerprint density at radius 1 is 1.38 bits per heavy atom. The molecule has 8 nitrogen and oxygen atoms in total. The van der Waals surface area contributed by atoms with E-state index in [0.29, 0.717) is 25.2 Å². The van der Waals surface area contributed by atoms with Crippen molar-refractivity contribution in [3.63, 3.8) is 0 Å². The molecule has 0 saturated carbocycles. The van der Waals surface area contributed by atoms with Crippen molar-refractivity contribution in [1.29, 1.82) is 0 Å². The lowest BCUT2D eigenvalue weighted by molar-refractivity contribution is -0.121. The van der Waals surface area contributed by atoms with Gasteiger partial charge in [0, 0.05) is 30.3 Å². The number of carbonyl (C=O) groups is 1. The van der Waals surface area contributed by atoms with Gasteiger partial charge in [-0.1, -0.05) is 11.2 Å². The Kier molecular flexibility index (Phi) is 4.64. The number of nitrogens with zero attached hydrogens (tertiary/aromatic N) is 5. The van der Waals surface area contributed by atoms with Crippen LogP contribution in [0.15, 0.2) is 35.5 Å². The molecule has 0 aliphatic heterocycles. The van der Waals surface area contributed by atoms with E-state index in [1.165, 1.54) is 6.33 Å². The molecule has 124 valence electrons. The van der Waals surface area contributed by atoms with E-state index in [-0.39, 0.29) is 5.91 Å². The van der Waals surface area contributed by atoms with E-state index in [0.717, 1.165) is 22.6 Å². The molecule has 3 aromatic rings. The molecule has 1 N–H and O–H groups in total. The summed E-state index contributed by atoms with van der Waals surface area (Å²) in [5, 5.41) is 10.9. The number of amides is 1.